The van der Waals surface area contributed by atoms with E-state index in [4.69, 9.17) is 4.74 Å². The Labute approximate surface area is 155 Å². The van der Waals surface area contributed by atoms with E-state index in [0.29, 0.717) is 30.1 Å². The van der Waals surface area contributed by atoms with Crippen molar-refractivity contribution in [1.82, 2.24) is 0 Å². The van der Waals surface area contributed by atoms with Gasteiger partial charge in [-0.15, -0.1) is 0 Å². The quantitative estimate of drug-likeness (QED) is 0.585. The summed E-state index contributed by atoms with van der Waals surface area (Å²) in [6.07, 6.45) is 9.68. The van der Waals surface area contributed by atoms with Gasteiger partial charge in [-0.25, -0.2) is 4.79 Å². The minimum atomic E-state index is -0.289. The molecule has 4 atom stereocenters. The first-order valence-electron chi connectivity index (χ1n) is 10.0. The Balaban J connectivity index is 1.56. The van der Waals surface area contributed by atoms with Crippen molar-refractivity contribution in [3.63, 3.8) is 0 Å². The van der Waals surface area contributed by atoms with Crippen LogP contribution < -0.4 is 0 Å². The number of aryl methyl sites for hydroxylation is 1. The molecule has 0 N–H and O–H groups in total. The topological polar surface area (TPSA) is 43.4 Å². The second-order valence-electron chi connectivity index (χ2n) is 8.38. The van der Waals surface area contributed by atoms with Crippen LogP contribution in [-0.4, -0.2) is 18.4 Å². The van der Waals surface area contributed by atoms with Crippen LogP contribution in [0.25, 0.3) is 6.08 Å². The van der Waals surface area contributed by atoms with Gasteiger partial charge in [0, 0.05) is 17.9 Å². The fourth-order valence-corrected chi connectivity index (χ4v) is 5.83. The number of fused-ring (bicyclic) bond motifs is 5. The van der Waals surface area contributed by atoms with Crippen LogP contribution in [0, 0.1) is 17.3 Å². The molecule has 4 rings (SSSR count). The lowest BCUT2D eigenvalue weighted by atomic mass is 9.55. The SMILES string of the molecule is CCOC(=O)C=Cc1ccc2c(c1)CC[C@@H]1[C@@H]2CC[C@]2(C)C(=O)CC[C@@H]12. The number of esters is 1. The Kier molecular flexibility index (Phi) is 4.50. The van der Waals surface area contributed by atoms with E-state index >= 15 is 0 Å². The van der Waals surface area contributed by atoms with E-state index in [-0.39, 0.29) is 11.4 Å². The Morgan fingerprint density at radius 2 is 2.12 bits per heavy atom. The van der Waals surface area contributed by atoms with Gasteiger partial charge in [-0.05, 0) is 79.5 Å². The number of carbonyl (C=O) groups excluding carboxylic acids is 2. The van der Waals surface area contributed by atoms with Crippen molar-refractivity contribution >= 4 is 17.8 Å². The van der Waals surface area contributed by atoms with Gasteiger partial charge >= 0.3 is 5.97 Å². The van der Waals surface area contributed by atoms with E-state index in [1.807, 2.05) is 13.0 Å². The highest BCUT2D eigenvalue weighted by Crippen LogP contribution is 2.59. The second-order valence-corrected chi connectivity index (χ2v) is 8.38. The van der Waals surface area contributed by atoms with Crippen molar-refractivity contribution < 1.29 is 14.3 Å². The van der Waals surface area contributed by atoms with Gasteiger partial charge in [0.1, 0.15) is 5.78 Å². The smallest absolute Gasteiger partial charge is 0.330 e. The maximum atomic E-state index is 12.4. The molecule has 0 spiro atoms. The summed E-state index contributed by atoms with van der Waals surface area (Å²) < 4.78 is 4.95. The first-order valence-corrected chi connectivity index (χ1v) is 10.0. The van der Waals surface area contributed by atoms with Crippen molar-refractivity contribution in [3.05, 3.63) is 41.0 Å². The number of ether oxygens (including phenoxy) is 1. The zero-order valence-corrected chi connectivity index (χ0v) is 15.8. The van der Waals surface area contributed by atoms with Gasteiger partial charge in [0.05, 0.1) is 6.61 Å². The number of hydrogen-bond donors (Lipinski definition) is 0. The van der Waals surface area contributed by atoms with Crippen LogP contribution in [0.3, 0.4) is 0 Å². The molecule has 138 valence electrons. The molecule has 0 amide bonds. The van der Waals surface area contributed by atoms with Gasteiger partial charge in [0.2, 0.25) is 0 Å². The predicted molar refractivity (Wildman–Crippen MR) is 102 cm³/mol. The summed E-state index contributed by atoms with van der Waals surface area (Å²) in [6, 6.07) is 6.61. The molecule has 0 bridgehead atoms. The lowest BCUT2D eigenvalue weighted by molar-refractivity contribution is -0.137. The molecule has 0 saturated heterocycles. The number of carbonyl (C=O) groups is 2. The first kappa shape index (κ1) is 17.5. The third-order valence-corrected chi connectivity index (χ3v) is 7.16. The average molecular weight is 352 g/mol. The van der Waals surface area contributed by atoms with Crippen LogP contribution in [0.1, 0.15) is 68.6 Å². The highest BCUT2D eigenvalue weighted by Gasteiger charge is 2.54. The third kappa shape index (κ3) is 2.82. The summed E-state index contributed by atoms with van der Waals surface area (Å²) in [5.74, 6) is 2.05. The predicted octanol–water partition coefficient (Wildman–Crippen LogP) is 4.69. The maximum Gasteiger partial charge on any atom is 0.330 e. The van der Waals surface area contributed by atoms with E-state index in [2.05, 4.69) is 25.1 Å². The monoisotopic (exact) mass is 352 g/mol. The number of hydrogen-bond acceptors (Lipinski definition) is 3. The van der Waals surface area contributed by atoms with Gasteiger partial charge in [-0.1, -0.05) is 25.1 Å². The van der Waals surface area contributed by atoms with E-state index in [1.54, 1.807) is 0 Å². The van der Waals surface area contributed by atoms with Crippen LogP contribution in [0.5, 0.6) is 0 Å². The standard InChI is InChI=1S/C23H28O3/c1-3-26-22(25)11-5-15-4-7-17-16(14-15)6-8-19-18(17)12-13-23(2)20(19)9-10-21(23)24/h4-5,7,11,14,18-20H,3,6,8-10,12-13H2,1-2H3/t18-,19-,20+,23+/m1/s1. The van der Waals surface area contributed by atoms with Crippen molar-refractivity contribution in [2.75, 3.05) is 6.61 Å². The van der Waals surface area contributed by atoms with E-state index in [1.165, 1.54) is 23.6 Å². The molecule has 2 saturated carbocycles. The Morgan fingerprint density at radius 1 is 1.27 bits per heavy atom. The second kappa shape index (κ2) is 6.68. The lowest BCUT2D eigenvalue weighted by Crippen LogP contribution is -2.42. The minimum absolute atomic E-state index is 0.0546. The fraction of sp³-hybridized carbons (Fsp3) is 0.565. The Bertz CT molecular complexity index is 763. The number of Topliss-reactive ketones (excluding diaryl/α,β-unsaturated/α-hetero) is 1. The van der Waals surface area contributed by atoms with Gasteiger partial charge in [-0.2, -0.15) is 0 Å². The highest BCUT2D eigenvalue weighted by molar-refractivity contribution is 5.87. The van der Waals surface area contributed by atoms with Crippen LogP contribution in [-0.2, 0) is 20.7 Å². The molecule has 0 heterocycles. The summed E-state index contributed by atoms with van der Waals surface area (Å²) >= 11 is 0. The molecule has 1 aromatic carbocycles. The molecule has 0 aromatic heterocycles. The van der Waals surface area contributed by atoms with Gasteiger partial charge < -0.3 is 4.74 Å². The minimum Gasteiger partial charge on any atom is -0.463 e. The molecule has 26 heavy (non-hydrogen) atoms. The van der Waals surface area contributed by atoms with Gasteiger partial charge in [0.25, 0.3) is 0 Å². The Hall–Kier alpha value is -1.90. The molecule has 3 aliphatic carbocycles. The summed E-state index contributed by atoms with van der Waals surface area (Å²) in [5, 5.41) is 0. The normalized spacial score (nSPS) is 32.8. The van der Waals surface area contributed by atoms with Gasteiger partial charge in [0.15, 0.2) is 0 Å². The maximum absolute atomic E-state index is 12.4. The average Bonchev–Trinajstić information content (AvgIpc) is 2.95. The van der Waals surface area contributed by atoms with E-state index < -0.39 is 0 Å². The van der Waals surface area contributed by atoms with Crippen molar-refractivity contribution in [2.45, 2.75) is 58.3 Å². The molecule has 0 radical (unpaired) electrons. The molecule has 0 aliphatic heterocycles. The lowest BCUT2D eigenvalue weighted by Gasteiger charge is -2.48. The first-order chi connectivity index (χ1) is 12.5. The zero-order chi connectivity index (χ0) is 18.3. The van der Waals surface area contributed by atoms with Crippen LogP contribution in [0.15, 0.2) is 24.3 Å². The van der Waals surface area contributed by atoms with E-state index in [9.17, 15) is 9.59 Å². The van der Waals surface area contributed by atoms with Crippen LogP contribution in [0.2, 0.25) is 0 Å². The van der Waals surface area contributed by atoms with Crippen LogP contribution in [0.4, 0.5) is 0 Å². The van der Waals surface area contributed by atoms with Crippen molar-refractivity contribution in [2.24, 2.45) is 17.3 Å². The number of rotatable bonds is 3. The zero-order valence-electron chi connectivity index (χ0n) is 15.8. The molecule has 0 unspecified atom stereocenters. The summed E-state index contributed by atoms with van der Waals surface area (Å²) in [7, 11) is 0. The fourth-order valence-electron chi connectivity index (χ4n) is 5.83. The van der Waals surface area contributed by atoms with Crippen molar-refractivity contribution in [1.29, 1.82) is 0 Å². The van der Waals surface area contributed by atoms with Crippen LogP contribution >= 0.6 is 0 Å². The molecule has 3 aliphatic rings. The van der Waals surface area contributed by atoms with Crippen molar-refractivity contribution in [3.8, 4) is 0 Å². The highest BCUT2D eigenvalue weighted by atomic mass is 16.5. The Morgan fingerprint density at radius 3 is 2.92 bits per heavy atom. The molecule has 1 aromatic rings. The summed E-state index contributed by atoms with van der Waals surface area (Å²) in [4.78, 5) is 23.9. The summed E-state index contributed by atoms with van der Waals surface area (Å²) in [6.45, 7) is 4.44. The number of ketones is 1. The van der Waals surface area contributed by atoms with Gasteiger partial charge in [-0.3, -0.25) is 4.79 Å². The summed E-state index contributed by atoms with van der Waals surface area (Å²) in [5.41, 5.74) is 3.91. The molecular formula is C23H28O3. The number of benzene rings is 1. The molecular weight excluding hydrogens is 324 g/mol. The molecule has 3 heteroatoms. The molecule has 3 nitrogen and oxygen atoms in total. The largest absolute Gasteiger partial charge is 0.463 e. The molecule has 2 fully saturated rings. The van der Waals surface area contributed by atoms with E-state index in [0.717, 1.165) is 37.7 Å². The third-order valence-electron chi connectivity index (χ3n) is 7.16.